The Morgan fingerprint density at radius 2 is 2.10 bits per heavy atom. The third-order valence-corrected chi connectivity index (χ3v) is 3.90. The Kier molecular flexibility index (Phi) is 4.04. The van der Waals surface area contributed by atoms with Crippen LogP contribution in [-0.2, 0) is 22.4 Å². The van der Waals surface area contributed by atoms with Crippen LogP contribution < -0.4 is 0 Å². The van der Waals surface area contributed by atoms with Crippen LogP contribution in [0.4, 0.5) is 4.39 Å². The summed E-state index contributed by atoms with van der Waals surface area (Å²) < 4.78 is 19.4. The summed E-state index contributed by atoms with van der Waals surface area (Å²) in [5, 5.41) is 0.322. The monoisotopic (exact) mass is 304 g/mol. The Balaban J connectivity index is 1.83. The molecule has 0 saturated heterocycles. The fourth-order valence-corrected chi connectivity index (χ4v) is 2.76. The van der Waals surface area contributed by atoms with Crippen LogP contribution in [0.3, 0.4) is 0 Å². The van der Waals surface area contributed by atoms with E-state index in [2.05, 4.69) is 0 Å². The summed E-state index contributed by atoms with van der Waals surface area (Å²) in [6.45, 7) is 0.510. The van der Waals surface area contributed by atoms with E-state index in [9.17, 15) is 9.18 Å². The summed E-state index contributed by atoms with van der Waals surface area (Å²) in [5.74, 6) is -0.594. The number of benzene rings is 2. The van der Waals surface area contributed by atoms with Crippen molar-refractivity contribution in [3.05, 3.63) is 70.0 Å². The molecule has 21 heavy (non-hydrogen) atoms. The number of Topliss-reactive ketones (excluding diaryl/α,β-unsaturated/α-hetero) is 1. The van der Waals surface area contributed by atoms with Crippen molar-refractivity contribution in [2.45, 2.75) is 18.9 Å². The topological polar surface area (TPSA) is 26.3 Å². The number of rotatable bonds is 3. The molecule has 2 aromatic rings. The summed E-state index contributed by atoms with van der Waals surface area (Å²) in [5.41, 5.74) is 2.36. The highest BCUT2D eigenvalue weighted by Crippen LogP contribution is 2.29. The first-order valence-corrected chi connectivity index (χ1v) is 7.19. The van der Waals surface area contributed by atoms with Gasteiger partial charge in [-0.25, -0.2) is 4.39 Å². The molecule has 0 bridgehead atoms. The molecule has 0 saturated carbocycles. The minimum Gasteiger partial charge on any atom is -0.365 e. The normalized spacial score (nSPS) is 17.3. The number of halogens is 2. The van der Waals surface area contributed by atoms with Crippen molar-refractivity contribution < 1.29 is 13.9 Å². The van der Waals surface area contributed by atoms with E-state index >= 15 is 0 Å². The van der Waals surface area contributed by atoms with Crippen LogP contribution in [0.1, 0.15) is 22.8 Å². The van der Waals surface area contributed by atoms with Crippen molar-refractivity contribution in [1.82, 2.24) is 0 Å². The summed E-state index contributed by atoms with van der Waals surface area (Å²) in [6, 6.07) is 12.1. The van der Waals surface area contributed by atoms with E-state index in [0.717, 1.165) is 17.5 Å². The molecule has 0 spiro atoms. The first-order chi connectivity index (χ1) is 10.1. The van der Waals surface area contributed by atoms with Gasteiger partial charge in [-0.05, 0) is 35.2 Å². The van der Waals surface area contributed by atoms with Gasteiger partial charge in [0, 0.05) is 11.4 Å². The minimum atomic E-state index is -0.606. The van der Waals surface area contributed by atoms with Gasteiger partial charge in [0.05, 0.1) is 6.61 Å². The molecule has 1 heterocycles. The van der Waals surface area contributed by atoms with Crippen LogP contribution in [-0.4, -0.2) is 12.4 Å². The molecule has 4 heteroatoms. The van der Waals surface area contributed by atoms with Crippen LogP contribution >= 0.6 is 11.6 Å². The highest BCUT2D eigenvalue weighted by atomic mass is 35.5. The van der Waals surface area contributed by atoms with Crippen molar-refractivity contribution in [1.29, 1.82) is 0 Å². The average molecular weight is 305 g/mol. The summed E-state index contributed by atoms with van der Waals surface area (Å²) in [7, 11) is 0. The second-order valence-electron chi connectivity index (χ2n) is 5.08. The molecule has 0 aliphatic carbocycles. The predicted molar refractivity (Wildman–Crippen MR) is 79.0 cm³/mol. The standard InChI is InChI=1S/C17H14ClFO2/c18-13-6-5-12(15(19)10-13)9-16(20)17-14-4-2-1-3-11(14)7-8-21-17/h1-6,10,17H,7-9H2. The zero-order chi connectivity index (χ0) is 14.8. The van der Waals surface area contributed by atoms with Crippen LogP contribution in [0.25, 0.3) is 0 Å². The van der Waals surface area contributed by atoms with Crippen LogP contribution in [0, 0.1) is 5.82 Å². The molecule has 1 aliphatic rings. The zero-order valence-corrected chi connectivity index (χ0v) is 12.1. The van der Waals surface area contributed by atoms with Gasteiger partial charge in [-0.3, -0.25) is 4.79 Å². The summed E-state index contributed by atoms with van der Waals surface area (Å²) >= 11 is 5.72. The van der Waals surface area contributed by atoms with Gasteiger partial charge in [-0.2, -0.15) is 0 Å². The van der Waals surface area contributed by atoms with Gasteiger partial charge in [-0.1, -0.05) is 41.9 Å². The molecular weight excluding hydrogens is 291 g/mol. The Morgan fingerprint density at radius 3 is 2.90 bits per heavy atom. The van der Waals surface area contributed by atoms with E-state index in [1.165, 1.54) is 6.07 Å². The first kappa shape index (κ1) is 14.2. The van der Waals surface area contributed by atoms with Crippen molar-refractivity contribution >= 4 is 17.4 Å². The van der Waals surface area contributed by atoms with E-state index < -0.39 is 11.9 Å². The Bertz CT molecular complexity index is 684. The summed E-state index contributed by atoms with van der Waals surface area (Å²) in [4.78, 5) is 12.4. The Morgan fingerprint density at radius 1 is 1.29 bits per heavy atom. The number of hydrogen-bond donors (Lipinski definition) is 0. The van der Waals surface area contributed by atoms with E-state index in [1.54, 1.807) is 12.1 Å². The molecule has 0 aromatic heterocycles. The molecule has 3 rings (SSSR count). The smallest absolute Gasteiger partial charge is 0.170 e. The van der Waals surface area contributed by atoms with Gasteiger partial charge in [0.15, 0.2) is 5.78 Å². The van der Waals surface area contributed by atoms with Crippen molar-refractivity contribution in [2.75, 3.05) is 6.61 Å². The molecule has 1 unspecified atom stereocenters. The molecule has 2 nitrogen and oxygen atoms in total. The van der Waals surface area contributed by atoms with Gasteiger partial charge in [-0.15, -0.1) is 0 Å². The Hall–Kier alpha value is -1.71. The molecule has 0 N–H and O–H groups in total. The van der Waals surface area contributed by atoms with Crippen LogP contribution in [0.15, 0.2) is 42.5 Å². The number of carbonyl (C=O) groups is 1. The lowest BCUT2D eigenvalue weighted by Crippen LogP contribution is -2.24. The molecule has 1 aliphatic heterocycles. The van der Waals surface area contributed by atoms with Crippen molar-refractivity contribution in [3.8, 4) is 0 Å². The molecule has 0 radical (unpaired) electrons. The van der Waals surface area contributed by atoms with E-state index in [4.69, 9.17) is 16.3 Å². The Labute approximate surface area is 127 Å². The maximum Gasteiger partial charge on any atom is 0.170 e. The molecule has 2 aromatic carbocycles. The first-order valence-electron chi connectivity index (χ1n) is 6.81. The van der Waals surface area contributed by atoms with Gasteiger partial charge < -0.3 is 4.74 Å². The minimum absolute atomic E-state index is 0.00199. The molecule has 0 amide bonds. The quantitative estimate of drug-likeness (QED) is 0.859. The third-order valence-electron chi connectivity index (χ3n) is 3.67. The predicted octanol–water partition coefficient (Wildman–Crippen LogP) is 3.90. The van der Waals surface area contributed by atoms with E-state index in [1.807, 2.05) is 24.3 Å². The molecule has 0 fully saturated rings. The molecule has 108 valence electrons. The third kappa shape index (κ3) is 2.99. The van der Waals surface area contributed by atoms with Crippen LogP contribution in [0.2, 0.25) is 5.02 Å². The number of ketones is 1. The largest absolute Gasteiger partial charge is 0.365 e. The average Bonchev–Trinajstić information content (AvgIpc) is 2.49. The fraction of sp³-hybridized carbons (Fsp3) is 0.235. The molecular formula is C17H14ClFO2. The lowest BCUT2D eigenvalue weighted by Gasteiger charge is -2.25. The van der Waals surface area contributed by atoms with Crippen molar-refractivity contribution in [2.24, 2.45) is 0 Å². The second-order valence-corrected chi connectivity index (χ2v) is 5.51. The highest BCUT2D eigenvalue weighted by molar-refractivity contribution is 6.30. The number of hydrogen-bond acceptors (Lipinski definition) is 2. The van der Waals surface area contributed by atoms with E-state index in [0.29, 0.717) is 17.2 Å². The zero-order valence-electron chi connectivity index (χ0n) is 11.3. The van der Waals surface area contributed by atoms with Gasteiger partial charge >= 0.3 is 0 Å². The lowest BCUT2D eigenvalue weighted by molar-refractivity contribution is -0.131. The second kappa shape index (κ2) is 5.96. The maximum absolute atomic E-state index is 13.8. The van der Waals surface area contributed by atoms with Gasteiger partial charge in [0.1, 0.15) is 11.9 Å². The molecule has 1 atom stereocenters. The summed E-state index contributed by atoms with van der Waals surface area (Å²) in [6.07, 6.45) is 0.196. The lowest BCUT2D eigenvalue weighted by atomic mass is 9.93. The number of ether oxygens (including phenoxy) is 1. The number of carbonyl (C=O) groups excluding carboxylic acids is 1. The van der Waals surface area contributed by atoms with E-state index in [-0.39, 0.29) is 12.2 Å². The van der Waals surface area contributed by atoms with Crippen molar-refractivity contribution in [3.63, 3.8) is 0 Å². The number of fused-ring (bicyclic) bond motifs is 1. The van der Waals surface area contributed by atoms with Gasteiger partial charge in [0.25, 0.3) is 0 Å². The maximum atomic E-state index is 13.8. The SMILES string of the molecule is O=C(Cc1ccc(Cl)cc1F)C1OCCc2ccccc21. The fourth-order valence-electron chi connectivity index (χ4n) is 2.61. The van der Waals surface area contributed by atoms with Crippen LogP contribution in [0.5, 0.6) is 0 Å². The van der Waals surface area contributed by atoms with Gasteiger partial charge in [0.2, 0.25) is 0 Å². The highest BCUT2D eigenvalue weighted by Gasteiger charge is 2.27.